The SMILES string of the molecule is O=C1CCCc2ccccc2N1CC(=O)N(c1ccccn1)C1CCCC1. The van der Waals surface area contributed by atoms with Gasteiger partial charge in [0.05, 0.1) is 0 Å². The molecule has 0 unspecified atom stereocenters. The minimum absolute atomic E-state index is 0.0284. The Bertz CT molecular complexity index is 815. The third-order valence-corrected chi connectivity index (χ3v) is 5.57. The first-order valence-corrected chi connectivity index (χ1v) is 9.85. The Kier molecular flexibility index (Phi) is 5.19. The topological polar surface area (TPSA) is 53.5 Å². The average Bonchev–Trinajstić information content (AvgIpc) is 3.16. The van der Waals surface area contributed by atoms with E-state index in [1.54, 1.807) is 11.1 Å². The fraction of sp³-hybridized carbons (Fsp3) is 0.409. The molecule has 0 spiro atoms. The third kappa shape index (κ3) is 3.72. The summed E-state index contributed by atoms with van der Waals surface area (Å²) in [6.45, 7) is 0.0723. The van der Waals surface area contributed by atoms with Crippen molar-refractivity contribution < 1.29 is 9.59 Å². The van der Waals surface area contributed by atoms with E-state index in [9.17, 15) is 9.59 Å². The van der Waals surface area contributed by atoms with Gasteiger partial charge in [0.1, 0.15) is 12.4 Å². The highest BCUT2D eigenvalue weighted by Gasteiger charge is 2.32. The molecule has 5 nitrogen and oxygen atoms in total. The maximum atomic E-state index is 13.4. The van der Waals surface area contributed by atoms with Crippen LogP contribution in [-0.4, -0.2) is 29.4 Å². The first-order valence-electron chi connectivity index (χ1n) is 9.85. The fourth-order valence-corrected chi connectivity index (χ4v) is 4.25. The summed E-state index contributed by atoms with van der Waals surface area (Å²) in [5, 5.41) is 0. The number of hydrogen-bond donors (Lipinski definition) is 0. The number of nitrogens with zero attached hydrogens (tertiary/aromatic N) is 3. The van der Waals surface area contributed by atoms with E-state index in [0.29, 0.717) is 12.2 Å². The molecule has 0 saturated heterocycles. The lowest BCUT2D eigenvalue weighted by Crippen LogP contribution is -2.47. The summed E-state index contributed by atoms with van der Waals surface area (Å²) in [4.78, 5) is 34.0. The zero-order chi connectivity index (χ0) is 18.6. The normalized spacial score (nSPS) is 17.5. The summed E-state index contributed by atoms with van der Waals surface area (Å²) in [6.07, 6.45) is 8.15. The monoisotopic (exact) mass is 363 g/mol. The van der Waals surface area contributed by atoms with E-state index in [4.69, 9.17) is 0 Å². The molecular formula is C22H25N3O2. The quantitative estimate of drug-likeness (QED) is 0.832. The number of para-hydroxylation sites is 1. The van der Waals surface area contributed by atoms with E-state index in [1.165, 1.54) is 0 Å². The predicted molar refractivity (Wildman–Crippen MR) is 106 cm³/mol. The minimum atomic E-state index is -0.0503. The first kappa shape index (κ1) is 17.7. The lowest BCUT2D eigenvalue weighted by Gasteiger charge is -2.31. The molecule has 0 radical (unpaired) electrons. The van der Waals surface area contributed by atoms with E-state index in [1.807, 2.05) is 41.3 Å². The summed E-state index contributed by atoms with van der Waals surface area (Å²) in [7, 11) is 0. The van der Waals surface area contributed by atoms with Crippen molar-refractivity contribution in [2.75, 3.05) is 16.3 Å². The Morgan fingerprint density at radius 2 is 1.81 bits per heavy atom. The molecule has 1 saturated carbocycles. The number of hydrogen-bond acceptors (Lipinski definition) is 3. The molecule has 2 heterocycles. The highest BCUT2D eigenvalue weighted by Crippen LogP contribution is 2.30. The Balaban J connectivity index is 1.63. The predicted octanol–water partition coefficient (Wildman–Crippen LogP) is 3.73. The summed E-state index contributed by atoms with van der Waals surface area (Å²) in [5.74, 6) is 0.663. The standard InChI is InChI=1S/C22H25N3O2/c26-21-14-7-9-17-8-1-4-12-19(17)24(21)16-22(27)25(18-10-2-3-11-18)20-13-5-6-15-23-20/h1,4-6,8,12-13,15,18H,2-3,7,9-11,14,16H2. The highest BCUT2D eigenvalue weighted by molar-refractivity contribution is 6.04. The molecule has 0 atom stereocenters. The van der Waals surface area contributed by atoms with Crippen LogP contribution in [-0.2, 0) is 16.0 Å². The fourth-order valence-electron chi connectivity index (χ4n) is 4.25. The number of aromatic nitrogens is 1. The van der Waals surface area contributed by atoms with Gasteiger partial charge >= 0.3 is 0 Å². The Labute approximate surface area is 160 Å². The van der Waals surface area contributed by atoms with Crippen molar-refractivity contribution in [3.8, 4) is 0 Å². The molecule has 140 valence electrons. The molecule has 0 N–H and O–H groups in total. The Morgan fingerprint density at radius 3 is 2.59 bits per heavy atom. The molecule has 1 aliphatic heterocycles. The summed E-state index contributed by atoms with van der Waals surface area (Å²) in [5.41, 5.74) is 2.02. The van der Waals surface area contributed by atoms with Crippen molar-refractivity contribution in [2.24, 2.45) is 0 Å². The Morgan fingerprint density at radius 1 is 1.04 bits per heavy atom. The molecule has 2 aliphatic rings. The minimum Gasteiger partial charge on any atom is -0.303 e. The third-order valence-electron chi connectivity index (χ3n) is 5.57. The van der Waals surface area contributed by atoms with Crippen LogP contribution in [0.3, 0.4) is 0 Å². The van der Waals surface area contributed by atoms with Crippen molar-refractivity contribution in [2.45, 2.75) is 51.0 Å². The molecule has 1 aromatic heterocycles. The van der Waals surface area contributed by atoms with E-state index in [2.05, 4.69) is 11.1 Å². The number of carbonyl (C=O) groups is 2. The second kappa shape index (κ2) is 7.91. The van der Waals surface area contributed by atoms with Crippen LogP contribution in [0.15, 0.2) is 48.7 Å². The van der Waals surface area contributed by atoms with Gasteiger partial charge in [-0.1, -0.05) is 37.1 Å². The number of carbonyl (C=O) groups excluding carboxylic acids is 2. The zero-order valence-electron chi connectivity index (χ0n) is 15.5. The lowest BCUT2D eigenvalue weighted by molar-refractivity contribution is -0.122. The van der Waals surface area contributed by atoms with Crippen LogP contribution in [0.5, 0.6) is 0 Å². The van der Waals surface area contributed by atoms with Crippen LogP contribution in [0.2, 0.25) is 0 Å². The van der Waals surface area contributed by atoms with Crippen LogP contribution in [0.4, 0.5) is 11.5 Å². The highest BCUT2D eigenvalue weighted by atomic mass is 16.2. The summed E-state index contributed by atoms with van der Waals surface area (Å²) < 4.78 is 0. The number of aryl methyl sites for hydroxylation is 1. The van der Waals surface area contributed by atoms with Crippen LogP contribution in [0.1, 0.15) is 44.1 Å². The van der Waals surface area contributed by atoms with Gasteiger partial charge in [0.15, 0.2) is 0 Å². The van der Waals surface area contributed by atoms with E-state index in [-0.39, 0.29) is 24.4 Å². The van der Waals surface area contributed by atoms with Gasteiger partial charge in [-0.15, -0.1) is 0 Å². The van der Waals surface area contributed by atoms with Crippen LogP contribution in [0.25, 0.3) is 0 Å². The number of benzene rings is 1. The van der Waals surface area contributed by atoms with Crippen molar-refractivity contribution in [3.05, 3.63) is 54.2 Å². The number of anilines is 2. The molecule has 27 heavy (non-hydrogen) atoms. The second-order valence-corrected chi connectivity index (χ2v) is 7.35. The van der Waals surface area contributed by atoms with Crippen molar-refractivity contribution in [1.29, 1.82) is 0 Å². The maximum absolute atomic E-state index is 13.4. The second-order valence-electron chi connectivity index (χ2n) is 7.35. The molecule has 4 rings (SSSR count). The molecule has 5 heteroatoms. The molecule has 1 fully saturated rings. The number of pyridine rings is 1. The van der Waals surface area contributed by atoms with Gasteiger partial charge < -0.3 is 4.90 Å². The van der Waals surface area contributed by atoms with E-state index < -0.39 is 0 Å². The molecular weight excluding hydrogens is 338 g/mol. The lowest BCUT2D eigenvalue weighted by atomic mass is 10.1. The van der Waals surface area contributed by atoms with E-state index >= 15 is 0 Å². The Hall–Kier alpha value is -2.69. The number of fused-ring (bicyclic) bond motifs is 1. The molecule has 1 aliphatic carbocycles. The van der Waals surface area contributed by atoms with Crippen molar-refractivity contribution >= 4 is 23.3 Å². The molecule has 2 aromatic rings. The number of rotatable bonds is 4. The van der Waals surface area contributed by atoms with Crippen LogP contribution in [0, 0.1) is 0 Å². The molecule has 1 aromatic carbocycles. The van der Waals surface area contributed by atoms with Gasteiger partial charge in [-0.25, -0.2) is 4.98 Å². The van der Waals surface area contributed by atoms with Crippen molar-refractivity contribution in [3.63, 3.8) is 0 Å². The largest absolute Gasteiger partial charge is 0.303 e. The first-order chi connectivity index (χ1) is 13.2. The zero-order valence-corrected chi connectivity index (χ0v) is 15.5. The van der Waals surface area contributed by atoms with Gasteiger partial charge in [-0.2, -0.15) is 0 Å². The van der Waals surface area contributed by atoms with E-state index in [0.717, 1.165) is 49.8 Å². The molecule has 0 bridgehead atoms. The summed E-state index contributed by atoms with van der Waals surface area (Å²) >= 11 is 0. The van der Waals surface area contributed by atoms with Gasteiger partial charge in [0.2, 0.25) is 11.8 Å². The van der Waals surface area contributed by atoms with Gasteiger partial charge in [0, 0.05) is 24.3 Å². The average molecular weight is 363 g/mol. The number of amides is 2. The molecule has 2 amide bonds. The summed E-state index contributed by atoms with van der Waals surface area (Å²) in [6, 6.07) is 13.7. The van der Waals surface area contributed by atoms with Gasteiger partial charge in [-0.3, -0.25) is 14.5 Å². The van der Waals surface area contributed by atoms with Crippen molar-refractivity contribution in [1.82, 2.24) is 4.98 Å². The van der Waals surface area contributed by atoms with Crippen LogP contribution >= 0.6 is 0 Å². The van der Waals surface area contributed by atoms with Crippen LogP contribution < -0.4 is 9.80 Å². The maximum Gasteiger partial charge on any atom is 0.248 e. The smallest absolute Gasteiger partial charge is 0.248 e. The van der Waals surface area contributed by atoms with Gasteiger partial charge in [-0.05, 0) is 49.4 Å². The van der Waals surface area contributed by atoms with Gasteiger partial charge in [0.25, 0.3) is 0 Å².